The van der Waals surface area contributed by atoms with Gasteiger partial charge in [0.25, 0.3) is 0 Å². The molecule has 0 amide bonds. The third kappa shape index (κ3) is 1.26. The van der Waals surface area contributed by atoms with Gasteiger partial charge in [-0.05, 0) is 18.6 Å². The molecule has 0 aliphatic heterocycles. The van der Waals surface area contributed by atoms with E-state index in [2.05, 4.69) is 54.2 Å². The Morgan fingerprint density at radius 1 is 1.23 bits per heavy atom. The third-order valence-electron chi connectivity index (χ3n) is 2.28. The summed E-state index contributed by atoms with van der Waals surface area (Å²) in [6.45, 7) is 2.04. The number of benzene rings is 1. The largest absolute Gasteiger partial charge is 0.350 e. The molecular weight excluding hydrogens is 158 g/mol. The molecule has 0 fully saturated rings. The van der Waals surface area contributed by atoms with Crippen molar-refractivity contribution in [1.82, 2.24) is 4.57 Å². The number of nitrogens with zero attached hydrogens (tertiary/aromatic N) is 1. The van der Waals surface area contributed by atoms with Crippen LogP contribution in [0, 0.1) is 0 Å². The fraction of sp³-hybridized carbons (Fsp3) is 0.167. The first-order chi connectivity index (χ1) is 6.33. The predicted molar refractivity (Wildman–Crippen MR) is 57.6 cm³/mol. The van der Waals surface area contributed by atoms with E-state index in [0.29, 0.717) is 0 Å². The second-order valence-corrected chi connectivity index (χ2v) is 3.21. The highest BCUT2D eigenvalue weighted by Crippen LogP contribution is 2.20. The first-order valence-electron chi connectivity index (χ1n) is 4.49. The molecule has 1 aromatic carbocycles. The van der Waals surface area contributed by atoms with Crippen LogP contribution < -0.4 is 0 Å². The van der Waals surface area contributed by atoms with Crippen molar-refractivity contribution in [3.05, 3.63) is 42.1 Å². The van der Waals surface area contributed by atoms with Crippen molar-refractivity contribution in [2.45, 2.75) is 6.92 Å². The topological polar surface area (TPSA) is 4.93 Å². The lowest BCUT2D eigenvalue weighted by atomic mass is 10.1. The molecule has 0 saturated carbocycles. The summed E-state index contributed by atoms with van der Waals surface area (Å²) < 4.78 is 2.16. The summed E-state index contributed by atoms with van der Waals surface area (Å²) in [5.74, 6) is 0. The second kappa shape index (κ2) is 3.09. The fourth-order valence-electron chi connectivity index (χ4n) is 1.70. The normalized spacial score (nSPS) is 11.5. The lowest BCUT2D eigenvalue weighted by Gasteiger charge is -2.00. The molecule has 1 heterocycles. The van der Waals surface area contributed by atoms with Gasteiger partial charge in [-0.3, -0.25) is 0 Å². The maximum Gasteiger partial charge on any atom is 0.0551 e. The van der Waals surface area contributed by atoms with Crippen molar-refractivity contribution in [1.29, 1.82) is 0 Å². The summed E-state index contributed by atoms with van der Waals surface area (Å²) >= 11 is 0. The zero-order chi connectivity index (χ0) is 9.26. The maximum atomic E-state index is 2.16. The van der Waals surface area contributed by atoms with E-state index in [0.717, 1.165) is 0 Å². The van der Waals surface area contributed by atoms with Gasteiger partial charge in [-0.15, -0.1) is 0 Å². The molecule has 0 spiro atoms. The van der Waals surface area contributed by atoms with Crippen LogP contribution in [0.3, 0.4) is 0 Å². The van der Waals surface area contributed by atoms with E-state index in [1.54, 1.807) is 0 Å². The standard InChI is InChI=1S/C12H13N/c1-3-5-10-6-4-7-11-8-9-13(2)12(10)11/h3-9H,1-2H3/b5-3+. The van der Waals surface area contributed by atoms with Crippen LogP contribution in [0.25, 0.3) is 17.0 Å². The molecule has 2 aromatic rings. The molecule has 13 heavy (non-hydrogen) atoms. The number of para-hydroxylation sites is 1. The minimum atomic E-state index is 1.28. The first kappa shape index (κ1) is 8.11. The number of hydrogen-bond donors (Lipinski definition) is 0. The molecule has 1 heteroatoms. The van der Waals surface area contributed by atoms with E-state index in [4.69, 9.17) is 0 Å². The average molecular weight is 171 g/mol. The number of rotatable bonds is 1. The van der Waals surface area contributed by atoms with Crippen LogP contribution in [0.4, 0.5) is 0 Å². The summed E-state index contributed by atoms with van der Waals surface area (Å²) in [6, 6.07) is 8.52. The maximum absolute atomic E-state index is 2.16. The minimum Gasteiger partial charge on any atom is -0.350 e. The number of aryl methyl sites for hydroxylation is 1. The molecule has 0 unspecified atom stereocenters. The van der Waals surface area contributed by atoms with Gasteiger partial charge in [0, 0.05) is 18.6 Å². The van der Waals surface area contributed by atoms with Crippen molar-refractivity contribution in [2.24, 2.45) is 7.05 Å². The monoisotopic (exact) mass is 171 g/mol. The molecule has 0 radical (unpaired) electrons. The van der Waals surface area contributed by atoms with Gasteiger partial charge in [-0.25, -0.2) is 0 Å². The lowest BCUT2D eigenvalue weighted by molar-refractivity contribution is 0.968. The smallest absolute Gasteiger partial charge is 0.0551 e. The SMILES string of the molecule is C/C=C/c1cccc2ccn(C)c12. The first-order valence-corrected chi connectivity index (χ1v) is 4.49. The molecule has 0 saturated heterocycles. The molecule has 0 N–H and O–H groups in total. The molecular formula is C12H13N. The quantitative estimate of drug-likeness (QED) is 0.621. The lowest BCUT2D eigenvalue weighted by Crippen LogP contribution is -1.86. The van der Waals surface area contributed by atoms with Crippen LogP contribution in [-0.4, -0.2) is 4.57 Å². The highest BCUT2D eigenvalue weighted by atomic mass is 14.9. The molecule has 0 aliphatic rings. The van der Waals surface area contributed by atoms with Gasteiger partial charge in [-0.2, -0.15) is 0 Å². The molecule has 1 nitrogen and oxygen atoms in total. The van der Waals surface area contributed by atoms with Crippen molar-refractivity contribution in [3.63, 3.8) is 0 Å². The van der Waals surface area contributed by atoms with Crippen molar-refractivity contribution < 1.29 is 0 Å². The van der Waals surface area contributed by atoms with Crippen molar-refractivity contribution in [3.8, 4) is 0 Å². The molecule has 0 atom stereocenters. The summed E-state index contributed by atoms with van der Waals surface area (Å²) in [5.41, 5.74) is 2.59. The Kier molecular flexibility index (Phi) is 1.93. The van der Waals surface area contributed by atoms with Crippen LogP contribution in [0.2, 0.25) is 0 Å². The Labute approximate surface area is 78.3 Å². The van der Waals surface area contributed by atoms with Crippen molar-refractivity contribution >= 4 is 17.0 Å². The highest BCUT2D eigenvalue weighted by molar-refractivity contribution is 5.88. The zero-order valence-electron chi connectivity index (χ0n) is 7.99. The Hall–Kier alpha value is -1.50. The average Bonchev–Trinajstić information content (AvgIpc) is 2.50. The Morgan fingerprint density at radius 3 is 2.85 bits per heavy atom. The van der Waals surface area contributed by atoms with Gasteiger partial charge in [-0.1, -0.05) is 30.4 Å². The van der Waals surface area contributed by atoms with Crippen LogP contribution >= 0.6 is 0 Å². The molecule has 0 aliphatic carbocycles. The Morgan fingerprint density at radius 2 is 2.08 bits per heavy atom. The fourth-order valence-corrected chi connectivity index (χ4v) is 1.70. The van der Waals surface area contributed by atoms with E-state index >= 15 is 0 Å². The number of aromatic nitrogens is 1. The molecule has 2 rings (SSSR count). The van der Waals surface area contributed by atoms with E-state index in [1.165, 1.54) is 16.5 Å². The predicted octanol–water partition coefficient (Wildman–Crippen LogP) is 3.21. The summed E-state index contributed by atoms with van der Waals surface area (Å²) in [5, 5.41) is 1.30. The number of fused-ring (bicyclic) bond motifs is 1. The van der Waals surface area contributed by atoms with Gasteiger partial charge in [0.05, 0.1) is 5.52 Å². The highest BCUT2D eigenvalue weighted by Gasteiger charge is 2.00. The summed E-state index contributed by atoms with van der Waals surface area (Å²) in [7, 11) is 2.08. The summed E-state index contributed by atoms with van der Waals surface area (Å²) in [4.78, 5) is 0. The van der Waals surface area contributed by atoms with Gasteiger partial charge in [0.1, 0.15) is 0 Å². The van der Waals surface area contributed by atoms with E-state index < -0.39 is 0 Å². The number of hydrogen-bond acceptors (Lipinski definition) is 0. The van der Waals surface area contributed by atoms with Crippen LogP contribution in [0.15, 0.2) is 36.5 Å². The number of allylic oxidation sites excluding steroid dienone is 1. The van der Waals surface area contributed by atoms with Gasteiger partial charge in [0.15, 0.2) is 0 Å². The Balaban J connectivity index is 2.80. The second-order valence-electron chi connectivity index (χ2n) is 3.21. The van der Waals surface area contributed by atoms with E-state index in [-0.39, 0.29) is 0 Å². The minimum absolute atomic E-state index is 1.28. The molecule has 0 bridgehead atoms. The molecule has 1 aromatic heterocycles. The van der Waals surface area contributed by atoms with Gasteiger partial charge in [0.2, 0.25) is 0 Å². The van der Waals surface area contributed by atoms with Gasteiger partial charge < -0.3 is 4.57 Å². The van der Waals surface area contributed by atoms with E-state index in [9.17, 15) is 0 Å². The molecule has 66 valence electrons. The summed E-state index contributed by atoms with van der Waals surface area (Å²) in [6.07, 6.45) is 6.31. The zero-order valence-corrected chi connectivity index (χ0v) is 7.99. The third-order valence-corrected chi connectivity index (χ3v) is 2.28. The van der Waals surface area contributed by atoms with E-state index in [1.807, 2.05) is 6.92 Å². The van der Waals surface area contributed by atoms with Crippen LogP contribution in [0.5, 0.6) is 0 Å². The van der Waals surface area contributed by atoms with Gasteiger partial charge >= 0.3 is 0 Å². The van der Waals surface area contributed by atoms with Crippen molar-refractivity contribution in [2.75, 3.05) is 0 Å². The Bertz CT molecular complexity index is 449. The van der Waals surface area contributed by atoms with Crippen LogP contribution in [-0.2, 0) is 7.05 Å². The van der Waals surface area contributed by atoms with Crippen LogP contribution in [0.1, 0.15) is 12.5 Å².